The number of hydrogen-bond acceptors (Lipinski definition) is 3. The minimum Gasteiger partial charge on any atom is -0.406 e. The fourth-order valence-corrected chi connectivity index (χ4v) is 3.77. The van der Waals surface area contributed by atoms with Crippen LogP contribution in [0.15, 0.2) is 22.8 Å². The molecule has 0 radical (unpaired) electrons. The number of ether oxygens (including phenoxy) is 2. The average Bonchev–Trinajstić information content (AvgIpc) is 2.79. The zero-order valence-corrected chi connectivity index (χ0v) is 16.2. The van der Waals surface area contributed by atoms with Gasteiger partial charge in [0.15, 0.2) is 0 Å². The van der Waals surface area contributed by atoms with Gasteiger partial charge in [-0.05, 0) is 46.1 Å². The van der Waals surface area contributed by atoms with Gasteiger partial charge in [-0.1, -0.05) is 13.3 Å². The second-order valence-corrected chi connectivity index (χ2v) is 7.05. The lowest BCUT2D eigenvalue weighted by Crippen LogP contribution is -2.21. The number of aromatic nitrogens is 2. The summed E-state index contributed by atoms with van der Waals surface area (Å²) in [4.78, 5) is 4.52. The fourth-order valence-electron chi connectivity index (χ4n) is 3.19. The zero-order chi connectivity index (χ0) is 19.6. The van der Waals surface area contributed by atoms with Crippen molar-refractivity contribution >= 4 is 15.9 Å². The smallest absolute Gasteiger partial charge is 0.406 e. The Morgan fingerprint density at radius 3 is 2.81 bits per heavy atom. The highest BCUT2D eigenvalue weighted by Gasteiger charge is 2.32. The molecular formula is C18H19BrF4N2O2. The summed E-state index contributed by atoms with van der Waals surface area (Å²) >= 11 is 3.43. The van der Waals surface area contributed by atoms with Crippen molar-refractivity contribution in [1.82, 2.24) is 9.55 Å². The molecule has 27 heavy (non-hydrogen) atoms. The van der Waals surface area contributed by atoms with Crippen molar-refractivity contribution in [2.75, 3.05) is 13.3 Å². The van der Waals surface area contributed by atoms with E-state index < -0.39 is 19.1 Å². The first-order chi connectivity index (χ1) is 12.8. The van der Waals surface area contributed by atoms with Crippen LogP contribution in [0, 0.1) is 0 Å². The Balaban J connectivity index is 2.03. The Labute approximate surface area is 162 Å². The number of alkyl halides is 4. The Kier molecular flexibility index (Phi) is 6.10. The Hall–Kier alpha value is -1.61. The molecule has 1 aliphatic rings. The summed E-state index contributed by atoms with van der Waals surface area (Å²) in [5.74, 6) is 0.358. The summed E-state index contributed by atoms with van der Waals surface area (Å²) in [6.07, 6.45) is -3.65. The van der Waals surface area contributed by atoms with Crippen LogP contribution in [0.5, 0.6) is 5.75 Å². The first-order valence-corrected chi connectivity index (χ1v) is 9.43. The van der Waals surface area contributed by atoms with Gasteiger partial charge in [0.25, 0.3) is 0 Å². The number of imidazole rings is 1. The van der Waals surface area contributed by atoms with Crippen LogP contribution in [0.25, 0.3) is 11.4 Å². The van der Waals surface area contributed by atoms with Gasteiger partial charge in [0.1, 0.15) is 29.0 Å². The Bertz CT molecular complexity index is 807. The van der Waals surface area contributed by atoms with E-state index in [0.29, 0.717) is 54.0 Å². The van der Waals surface area contributed by atoms with E-state index in [4.69, 9.17) is 4.74 Å². The lowest BCUT2D eigenvalue weighted by molar-refractivity contribution is -0.274. The molecule has 0 unspecified atom stereocenters. The van der Waals surface area contributed by atoms with Crippen molar-refractivity contribution in [3.05, 3.63) is 34.1 Å². The monoisotopic (exact) mass is 450 g/mol. The molecule has 0 N–H and O–H groups in total. The average molecular weight is 451 g/mol. The SMILES string of the molecule is CCCc1cc(-c2nc(Br)c3n2C[C@@H](CF)OCC3)ccc1OC(F)(F)F. The molecule has 0 fully saturated rings. The molecule has 0 aliphatic carbocycles. The predicted molar refractivity (Wildman–Crippen MR) is 95.5 cm³/mol. The molecule has 0 bridgehead atoms. The number of nitrogens with zero attached hydrogens (tertiary/aromatic N) is 2. The molecule has 0 spiro atoms. The van der Waals surface area contributed by atoms with Gasteiger partial charge in [0, 0.05) is 12.0 Å². The molecule has 0 saturated heterocycles. The third kappa shape index (κ3) is 4.63. The molecule has 1 atom stereocenters. The lowest BCUT2D eigenvalue weighted by atomic mass is 10.0. The highest BCUT2D eigenvalue weighted by molar-refractivity contribution is 9.10. The molecule has 1 aromatic carbocycles. The van der Waals surface area contributed by atoms with Gasteiger partial charge in [-0.25, -0.2) is 9.37 Å². The molecular weight excluding hydrogens is 432 g/mol. The normalized spacial score (nSPS) is 17.5. The largest absolute Gasteiger partial charge is 0.573 e. The van der Waals surface area contributed by atoms with Gasteiger partial charge >= 0.3 is 6.36 Å². The molecule has 2 heterocycles. The van der Waals surface area contributed by atoms with Crippen molar-refractivity contribution in [2.24, 2.45) is 0 Å². The number of fused-ring (bicyclic) bond motifs is 1. The van der Waals surface area contributed by atoms with Crippen LogP contribution in [0.4, 0.5) is 17.6 Å². The van der Waals surface area contributed by atoms with E-state index in [0.717, 1.165) is 5.69 Å². The summed E-state index contributed by atoms with van der Waals surface area (Å²) in [5, 5.41) is 0. The molecule has 9 heteroatoms. The molecule has 0 amide bonds. The minimum absolute atomic E-state index is 0.209. The molecule has 1 aliphatic heterocycles. The van der Waals surface area contributed by atoms with Gasteiger partial charge in [-0.15, -0.1) is 13.2 Å². The van der Waals surface area contributed by atoms with Crippen LogP contribution in [0.1, 0.15) is 24.6 Å². The van der Waals surface area contributed by atoms with Crippen molar-refractivity contribution in [2.45, 2.75) is 45.2 Å². The topological polar surface area (TPSA) is 36.3 Å². The van der Waals surface area contributed by atoms with Crippen molar-refractivity contribution in [1.29, 1.82) is 0 Å². The van der Waals surface area contributed by atoms with Gasteiger partial charge in [0.05, 0.1) is 18.8 Å². The summed E-state index contributed by atoms with van der Waals surface area (Å²) in [7, 11) is 0. The molecule has 3 rings (SSSR count). The first-order valence-electron chi connectivity index (χ1n) is 8.64. The summed E-state index contributed by atoms with van der Waals surface area (Å²) in [6, 6.07) is 4.50. The molecule has 148 valence electrons. The predicted octanol–water partition coefficient (Wildman–Crippen LogP) is 5.07. The highest BCUT2D eigenvalue weighted by Crippen LogP contribution is 2.34. The summed E-state index contributed by atoms with van der Waals surface area (Å²) in [5.41, 5.74) is 1.99. The maximum absolute atomic E-state index is 13.2. The van der Waals surface area contributed by atoms with Gasteiger partial charge in [0.2, 0.25) is 0 Å². The van der Waals surface area contributed by atoms with Crippen molar-refractivity contribution in [3.8, 4) is 17.1 Å². The van der Waals surface area contributed by atoms with Crippen LogP contribution in [0.2, 0.25) is 0 Å². The number of hydrogen-bond donors (Lipinski definition) is 0. The first kappa shape index (κ1) is 20.1. The molecule has 2 aromatic rings. The van der Waals surface area contributed by atoms with Crippen LogP contribution in [-0.4, -0.2) is 35.3 Å². The van der Waals surface area contributed by atoms with Crippen LogP contribution in [0.3, 0.4) is 0 Å². The third-order valence-electron chi connectivity index (χ3n) is 4.34. The third-order valence-corrected chi connectivity index (χ3v) is 4.97. The Morgan fingerprint density at radius 2 is 2.15 bits per heavy atom. The standard InChI is InChI=1S/C18H19BrF4N2O2/c1-2-3-11-8-12(4-5-15(11)27-18(21,22)23)17-24-16(19)14-6-7-26-13(9-20)10-25(14)17/h4-5,8,13H,2-3,6-7,9-10H2,1H3/t13-/m1/s1. The summed E-state index contributed by atoms with van der Waals surface area (Å²) in [6.45, 7) is 1.95. The van der Waals surface area contributed by atoms with Crippen LogP contribution >= 0.6 is 15.9 Å². The van der Waals surface area contributed by atoms with E-state index in [1.807, 2.05) is 11.5 Å². The molecule has 0 saturated carbocycles. The number of rotatable bonds is 5. The minimum atomic E-state index is -4.75. The van der Waals surface area contributed by atoms with E-state index in [-0.39, 0.29) is 5.75 Å². The van der Waals surface area contributed by atoms with Gasteiger partial charge in [-0.2, -0.15) is 0 Å². The quantitative estimate of drug-likeness (QED) is 0.596. The van der Waals surface area contributed by atoms with E-state index >= 15 is 0 Å². The maximum Gasteiger partial charge on any atom is 0.573 e. The van der Waals surface area contributed by atoms with Crippen LogP contribution in [-0.2, 0) is 24.1 Å². The van der Waals surface area contributed by atoms with Crippen molar-refractivity contribution in [3.63, 3.8) is 0 Å². The summed E-state index contributed by atoms with van der Waals surface area (Å²) < 4.78 is 63.2. The number of benzene rings is 1. The maximum atomic E-state index is 13.2. The lowest BCUT2D eigenvalue weighted by Gasteiger charge is -2.16. The number of aryl methyl sites for hydroxylation is 1. The van der Waals surface area contributed by atoms with Crippen LogP contribution < -0.4 is 4.74 Å². The van der Waals surface area contributed by atoms with E-state index in [9.17, 15) is 17.6 Å². The number of halogens is 5. The fraction of sp³-hybridized carbons (Fsp3) is 0.500. The Morgan fingerprint density at radius 1 is 1.37 bits per heavy atom. The van der Waals surface area contributed by atoms with E-state index in [1.54, 1.807) is 12.1 Å². The van der Waals surface area contributed by atoms with Gasteiger partial charge in [-0.3, -0.25) is 0 Å². The molecule has 4 nitrogen and oxygen atoms in total. The van der Waals surface area contributed by atoms with Gasteiger partial charge < -0.3 is 14.0 Å². The zero-order valence-electron chi connectivity index (χ0n) is 14.7. The highest BCUT2D eigenvalue weighted by atomic mass is 79.9. The second-order valence-electron chi connectivity index (χ2n) is 6.30. The van der Waals surface area contributed by atoms with E-state index in [2.05, 4.69) is 25.7 Å². The second kappa shape index (κ2) is 8.18. The van der Waals surface area contributed by atoms with Crippen molar-refractivity contribution < 1.29 is 27.0 Å². The van der Waals surface area contributed by atoms with E-state index in [1.165, 1.54) is 6.07 Å². The molecule has 1 aromatic heterocycles.